The Labute approximate surface area is 116 Å². The fourth-order valence-electron chi connectivity index (χ4n) is 2.76. The van der Waals surface area contributed by atoms with Gasteiger partial charge in [0.25, 0.3) is 0 Å². The predicted octanol–water partition coefficient (Wildman–Crippen LogP) is 1.34. The molecule has 1 N–H and O–H groups in total. The average molecular weight is 263 g/mol. The van der Waals surface area contributed by atoms with Crippen LogP contribution in [0.3, 0.4) is 0 Å². The number of hydrogen-bond acceptors (Lipinski definition) is 4. The first kappa shape index (κ1) is 14.2. The second kappa shape index (κ2) is 6.26. The summed E-state index contributed by atoms with van der Waals surface area (Å²) >= 11 is 0. The third-order valence-electron chi connectivity index (χ3n) is 3.77. The molecular weight excluding hydrogens is 238 g/mol. The molecule has 0 radical (unpaired) electrons. The van der Waals surface area contributed by atoms with E-state index in [0.29, 0.717) is 6.04 Å². The van der Waals surface area contributed by atoms with Crippen molar-refractivity contribution in [1.82, 2.24) is 10.2 Å². The van der Waals surface area contributed by atoms with Gasteiger partial charge in [-0.25, -0.2) is 0 Å². The largest absolute Gasteiger partial charge is 0.495 e. The van der Waals surface area contributed by atoms with E-state index in [2.05, 4.69) is 47.3 Å². The molecule has 106 valence electrons. The van der Waals surface area contributed by atoms with Gasteiger partial charge in [-0.2, -0.15) is 0 Å². The van der Waals surface area contributed by atoms with Gasteiger partial charge in [0.15, 0.2) is 0 Å². The highest BCUT2D eigenvalue weighted by Gasteiger charge is 2.26. The minimum Gasteiger partial charge on any atom is -0.495 e. The number of nitrogens with one attached hydrogen (secondary N) is 1. The molecule has 0 amide bonds. The number of piperazine rings is 1. The van der Waals surface area contributed by atoms with Crippen molar-refractivity contribution in [2.24, 2.45) is 0 Å². The number of methoxy groups -OCH3 is 1. The fourth-order valence-corrected chi connectivity index (χ4v) is 2.76. The van der Waals surface area contributed by atoms with Gasteiger partial charge in [-0.1, -0.05) is 6.07 Å². The van der Waals surface area contributed by atoms with E-state index in [0.717, 1.165) is 31.9 Å². The number of hydrogen-bond donors (Lipinski definition) is 1. The van der Waals surface area contributed by atoms with Gasteiger partial charge in [-0.3, -0.25) is 0 Å². The van der Waals surface area contributed by atoms with Crippen LogP contribution < -0.4 is 15.0 Å². The lowest BCUT2D eigenvalue weighted by Crippen LogP contribution is -2.55. The standard InChI is InChI=1S/C15H25N3O/c1-12-5-6-15(19-4)14(9-12)18-8-7-17(3)11-13(18)10-16-2/h5-6,9,13,16H,7-8,10-11H2,1-4H3. The smallest absolute Gasteiger partial charge is 0.142 e. The number of likely N-dealkylation sites (N-methyl/N-ethyl adjacent to an activating group) is 2. The summed E-state index contributed by atoms with van der Waals surface area (Å²) in [6.45, 7) is 6.34. The van der Waals surface area contributed by atoms with E-state index in [1.165, 1.54) is 11.3 Å². The molecule has 1 unspecified atom stereocenters. The van der Waals surface area contributed by atoms with Crippen molar-refractivity contribution >= 4 is 5.69 Å². The summed E-state index contributed by atoms with van der Waals surface area (Å²) in [5.74, 6) is 0.969. The third-order valence-corrected chi connectivity index (χ3v) is 3.77. The molecule has 1 aromatic carbocycles. The van der Waals surface area contributed by atoms with Crippen LogP contribution in [-0.2, 0) is 0 Å². The number of anilines is 1. The number of benzene rings is 1. The molecule has 0 aromatic heterocycles. The summed E-state index contributed by atoms with van der Waals surface area (Å²) in [6, 6.07) is 6.89. The number of ether oxygens (including phenoxy) is 1. The minimum atomic E-state index is 0.486. The zero-order chi connectivity index (χ0) is 13.8. The maximum Gasteiger partial charge on any atom is 0.142 e. The van der Waals surface area contributed by atoms with Gasteiger partial charge in [0.05, 0.1) is 18.8 Å². The summed E-state index contributed by atoms with van der Waals surface area (Å²) in [4.78, 5) is 4.86. The van der Waals surface area contributed by atoms with E-state index >= 15 is 0 Å². The Hall–Kier alpha value is -1.26. The highest BCUT2D eigenvalue weighted by molar-refractivity contribution is 5.61. The van der Waals surface area contributed by atoms with Crippen LogP contribution >= 0.6 is 0 Å². The Morgan fingerprint density at radius 1 is 1.37 bits per heavy atom. The Balaban J connectivity index is 2.29. The van der Waals surface area contributed by atoms with Crippen LogP contribution in [-0.4, -0.2) is 58.3 Å². The van der Waals surface area contributed by atoms with Gasteiger partial charge < -0.3 is 19.9 Å². The first-order valence-corrected chi connectivity index (χ1v) is 6.90. The summed E-state index contributed by atoms with van der Waals surface area (Å²) in [6.07, 6.45) is 0. The van der Waals surface area contributed by atoms with Crippen LogP contribution in [0.2, 0.25) is 0 Å². The Morgan fingerprint density at radius 2 is 2.16 bits per heavy atom. The second-order valence-corrected chi connectivity index (χ2v) is 5.34. The molecule has 1 fully saturated rings. The maximum absolute atomic E-state index is 5.53. The summed E-state index contributed by atoms with van der Waals surface area (Å²) in [5.41, 5.74) is 2.49. The van der Waals surface area contributed by atoms with Crippen molar-refractivity contribution in [3.63, 3.8) is 0 Å². The van der Waals surface area contributed by atoms with Crippen LogP contribution in [0.1, 0.15) is 5.56 Å². The summed E-state index contributed by atoms with van der Waals surface area (Å²) in [7, 11) is 5.95. The molecule has 1 heterocycles. The molecule has 1 aliphatic rings. The van der Waals surface area contributed by atoms with E-state index in [1.807, 2.05) is 7.05 Å². The number of nitrogens with zero attached hydrogens (tertiary/aromatic N) is 2. The Morgan fingerprint density at radius 3 is 2.84 bits per heavy atom. The molecule has 1 atom stereocenters. The first-order valence-electron chi connectivity index (χ1n) is 6.90. The molecule has 19 heavy (non-hydrogen) atoms. The monoisotopic (exact) mass is 263 g/mol. The zero-order valence-electron chi connectivity index (χ0n) is 12.4. The normalized spacial score (nSPS) is 20.6. The van der Waals surface area contributed by atoms with Crippen LogP contribution in [0.15, 0.2) is 18.2 Å². The van der Waals surface area contributed by atoms with Crippen LogP contribution in [0.25, 0.3) is 0 Å². The van der Waals surface area contributed by atoms with Crippen molar-refractivity contribution in [2.45, 2.75) is 13.0 Å². The zero-order valence-corrected chi connectivity index (χ0v) is 12.4. The molecule has 1 aliphatic heterocycles. The quantitative estimate of drug-likeness (QED) is 0.887. The highest BCUT2D eigenvalue weighted by atomic mass is 16.5. The van der Waals surface area contributed by atoms with Gasteiger partial charge in [-0.05, 0) is 38.7 Å². The van der Waals surface area contributed by atoms with E-state index in [-0.39, 0.29) is 0 Å². The third kappa shape index (κ3) is 3.19. The summed E-state index contributed by atoms with van der Waals surface area (Å²) in [5, 5.41) is 3.30. The predicted molar refractivity (Wildman–Crippen MR) is 80.3 cm³/mol. The molecule has 4 nitrogen and oxygen atoms in total. The number of rotatable bonds is 4. The average Bonchev–Trinajstić information content (AvgIpc) is 2.39. The second-order valence-electron chi connectivity index (χ2n) is 5.34. The molecule has 0 bridgehead atoms. The molecule has 4 heteroatoms. The number of aryl methyl sites for hydroxylation is 1. The van der Waals surface area contributed by atoms with E-state index in [4.69, 9.17) is 4.74 Å². The first-order chi connectivity index (χ1) is 9.15. The molecule has 0 saturated carbocycles. The van der Waals surface area contributed by atoms with E-state index < -0.39 is 0 Å². The minimum absolute atomic E-state index is 0.486. The van der Waals surface area contributed by atoms with Gasteiger partial charge in [0.2, 0.25) is 0 Å². The van der Waals surface area contributed by atoms with Gasteiger partial charge in [-0.15, -0.1) is 0 Å². The molecule has 0 spiro atoms. The lowest BCUT2D eigenvalue weighted by atomic mass is 10.1. The van der Waals surface area contributed by atoms with Crippen molar-refractivity contribution in [2.75, 3.05) is 52.3 Å². The summed E-state index contributed by atoms with van der Waals surface area (Å²) < 4.78 is 5.53. The fraction of sp³-hybridized carbons (Fsp3) is 0.600. The van der Waals surface area contributed by atoms with E-state index in [9.17, 15) is 0 Å². The lowest BCUT2D eigenvalue weighted by Gasteiger charge is -2.42. The Kier molecular flexibility index (Phi) is 4.66. The van der Waals surface area contributed by atoms with Crippen LogP contribution in [0.5, 0.6) is 5.75 Å². The lowest BCUT2D eigenvalue weighted by molar-refractivity contribution is 0.263. The van der Waals surface area contributed by atoms with Crippen molar-refractivity contribution < 1.29 is 4.74 Å². The van der Waals surface area contributed by atoms with Crippen molar-refractivity contribution in [3.05, 3.63) is 23.8 Å². The Bertz CT molecular complexity index is 422. The maximum atomic E-state index is 5.53. The SMILES string of the molecule is CNCC1CN(C)CCN1c1cc(C)ccc1OC. The van der Waals surface area contributed by atoms with Crippen LogP contribution in [0, 0.1) is 6.92 Å². The van der Waals surface area contributed by atoms with E-state index in [1.54, 1.807) is 7.11 Å². The van der Waals surface area contributed by atoms with Crippen molar-refractivity contribution in [3.8, 4) is 5.75 Å². The highest BCUT2D eigenvalue weighted by Crippen LogP contribution is 2.31. The molecule has 2 rings (SSSR count). The molecule has 1 aromatic rings. The molecular formula is C15H25N3O. The molecule has 1 saturated heterocycles. The van der Waals surface area contributed by atoms with Crippen molar-refractivity contribution in [1.29, 1.82) is 0 Å². The van der Waals surface area contributed by atoms with Gasteiger partial charge in [0.1, 0.15) is 5.75 Å². The van der Waals surface area contributed by atoms with Gasteiger partial charge >= 0.3 is 0 Å². The van der Waals surface area contributed by atoms with Gasteiger partial charge in [0, 0.05) is 26.2 Å². The molecule has 0 aliphatic carbocycles. The van der Waals surface area contributed by atoms with Crippen LogP contribution in [0.4, 0.5) is 5.69 Å². The topological polar surface area (TPSA) is 27.7 Å².